The number of aromatic nitrogens is 1. The Labute approximate surface area is 168 Å². The number of hydrogen-bond acceptors (Lipinski definition) is 6. The van der Waals surface area contributed by atoms with Crippen molar-refractivity contribution in [3.8, 4) is 23.3 Å². The van der Waals surface area contributed by atoms with Crippen LogP contribution in [0.25, 0.3) is 21.9 Å². The molecular formula is C20H15F3N2O3S. The van der Waals surface area contributed by atoms with Crippen LogP contribution in [0.3, 0.4) is 0 Å². The molecule has 0 spiro atoms. The van der Waals surface area contributed by atoms with Crippen molar-refractivity contribution in [2.24, 2.45) is 0 Å². The van der Waals surface area contributed by atoms with Crippen molar-refractivity contribution >= 4 is 33.2 Å². The van der Waals surface area contributed by atoms with E-state index in [0.717, 1.165) is 23.5 Å². The smallest absolute Gasteiger partial charge is 0.416 e. The maximum Gasteiger partial charge on any atom is 0.416 e. The van der Waals surface area contributed by atoms with Crippen LogP contribution in [-0.4, -0.2) is 26.3 Å². The first-order chi connectivity index (χ1) is 13.8. The van der Waals surface area contributed by atoms with Gasteiger partial charge < -0.3 is 14.2 Å². The lowest BCUT2D eigenvalue weighted by molar-refractivity contribution is -0.137. The molecule has 3 rings (SSSR count). The fourth-order valence-electron chi connectivity index (χ4n) is 2.71. The number of methoxy groups -OCH3 is 3. The molecule has 0 bridgehead atoms. The zero-order chi connectivity index (χ0) is 21.2. The second-order valence-corrected chi connectivity index (χ2v) is 6.86. The van der Waals surface area contributed by atoms with Crippen molar-refractivity contribution in [3.63, 3.8) is 0 Å². The van der Waals surface area contributed by atoms with Crippen LogP contribution in [0.1, 0.15) is 16.1 Å². The molecule has 0 radical (unpaired) electrons. The fraction of sp³-hybridized carbons (Fsp3) is 0.200. The Balaban J connectivity index is 2.08. The van der Waals surface area contributed by atoms with Gasteiger partial charge in [0.25, 0.3) is 0 Å². The highest BCUT2D eigenvalue weighted by molar-refractivity contribution is 7.19. The number of nitriles is 1. The van der Waals surface area contributed by atoms with Crippen LogP contribution in [0.15, 0.2) is 30.3 Å². The van der Waals surface area contributed by atoms with Gasteiger partial charge in [0, 0.05) is 0 Å². The molecule has 29 heavy (non-hydrogen) atoms. The number of fused-ring (bicyclic) bond motifs is 1. The van der Waals surface area contributed by atoms with Gasteiger partial charge >= 0.3 is 6.18 Å². The zero-order valence-corrected chi connectivity index (χ0v) is 16.4. The number of nitrogens with zero attached hydrogens (tertiary/aromatic N) is 2. The Bertz CT molecular complexity index is 1110. The van der Waals surface area contributed by atoms with E-state index in [1.807, 2.05) is 0 Å². The summed E-state index contributed by atoms with van der Waals surface area (Å²) >= 11 is 1.14. The van der Waals surface area contributed by atoms with Crippen LogP contribution in [0.4, 0.5) is 13.2 Å². The normalized spacial score (nSPS) is 12.0. The van der Waals surface area contributed by atoms with Crippen LogP contribution >= 0.6 is 11.3 Å². The van der Waals surface area contributed by atoms with E-state index < -0.39 is 11.7 Å². The SMILES string of the molecule is COc1cc(/C=C(\C#N)c2nc3cc(C(F)(F)F)ccc3s2)cc(OC)c1OC. The average molecular weight is 420 g/mol. The van der Waals surface area contributed by atoms with Crippen molar-refractivity contribution in [1.82, 2.24) is 4.98 Å². The van der Waals surface area contributed by atoms with Crippen molar-refractivity contribution in [2.75, 3.05) is 21.3 Å². The van der Waals surface area contributed by atoms with Gasteiger partial charge in [-0.3, -0.25) is 0 Å². The Morgan fingerprint density at radius 2 is 1.72 bits per heavy atom. The van der Waals surface area contributed by atoms with Gasteiger partial charge in [-0.2, -0.15) is 18.4 Å². The van der Waals surface area contributed by atoms with E-state index in [-0.39, 0.29) is 11.1 Å². The van der Waals surface area contributed by atoms with Crippen LogP contribution < -0.4 is 14.2 Å². The quantitative estimate of drug-likeness (QED) is 0.517. The summed E-state index contributed by atoms with van der Waals surface area (Å²) in [5.74, 6) is 1.23. The lowest BCUT2D eigenvalue weighted by atomic mass is 10.1. The highest BCUT2D eigenvalue weighted by atomic mass is 32.1. The second-order valence-electron chi connectivity index (χ2n) is 5.83. The van der Waals surface area contributed by atoms with Crippen LogP contribution in [0.2, 0.25) is 0 Å². The molecule has 0 fully saturated rings. The molecule has 0 aliphatic heterocycles. The second kappa shape index (κ2) is 8.01. The highest BCUT2D eigenvalue weighted by Crippen LogP contribution is 2.39. The third-order valence-electron chi connectivity index (χ3n) is 4.06. The molecule has 0 amide bonds. The predicted molar refractivity (Wildman–Crippen MR) is 104 cm³/mol. The molecule has 150 valence electrons. The lowest BCUT2D eigenvalue weighted by Gasteiger charge is -2.12. The van der Waals surface area contributed by atoms with E-state index in [9.17, 15) is 18.4 Å². The number of halogens is 3. The summed E-state index contributed by atoms with van der Waals surface area (Å²) in [5.41, 5.74) is 0.195. The van der Waals surface area contributed by atoms with E-state index in [1.165, 1.54) is 27.4 Å². The van der Waals surface area contributed by atoms with Crippen molar-refractivity contribution in [1.29, 1.82) is 5.26 Å². The van der Waals surface area contributed by atoms with Crippen LogP contribution in [-0.2, 0) is 6.18 Å². The third-order valence-corrected chi connectivity index (χ3v) is 5.13. The Morgan fingerprint density at radius 3 is 2.24 bits per heavy atom. The average Bonchev–Trinajstić information content (AvgIpc) is 3.13. The van der Waals surface area contributed by atoms with Crippen LogP contribution in [0.5, 0.6) is 17.2 Å². The number of rotatable bonds is 5. The van der Waals surface area contributed by atoms with Gasteiger partial charge in [-0.1, -0.05) is 0 Å². The first-order valence-corrected chi connectivity index (χ1v) is 9.02. The molecule has 5 nitrogen and oxygen atoms in total. The number of hydrogen-bond donors (Lipinski definition) is 0. The Hall–Kier alpha value is -3.25. The summed E-state index contributed by atoms with van der Waals surface area (Å²) in [4.78, 5) is 4.21. The number of alkyl halides is 3. The summed E-state index contributed by atoms with van der Waals surface area (Å²) < 4.78 is 55.2. The molecular weight excluding hydrogens is 405 g/mol. The molecule has 1 heterocycles. The first-order valence-electron chi connectivity index (χ1n) is 8.20. The largest absolute Gasteiger partial charge is 0.493 e. The maximum atomic E-state index is 12.9. The first kappa shape index (κ1) is 20.5. The molecule has 3 aromatic rings. The van der Waals surface area contributed by atoms with Crippen LogP contribution in [0, 0.1) is 11.3 Å². The molecule has 1 aromatic heterocycles. The fourth-order valence-corrected chi connectivity index (χ4v) is 3.62. The van der Waals surface area contributed by atoms with Crippen molar-refractivity contribution < 1.29 is 27.4 Å². The highest BCUT2D eigenvalue weighted by Gasteiger charge is 2.30. The Morgan fingerprint density at radius 1 is 1.07 bits per heavy atom. The lowest BCUT2D eigenvalue weighted by Crippen LogP contribution is -2.03. The summed E-state index contributed by atoms with van der Waals surface area (Å²) in [5, 5.41) is 9.90. The number of benzene rings is 2. The molecule has 0 aliphatic carbocycles. The van der Waals surface area contributed by atoms with Crippen molar-refractivity contribution in [3.05, 3.63) is 46.5 Å². The molecule has 2 aromatic carbocycles. The number of allylic oxidation sites excluding steroid dienone is 1. The van der Waals surface area contributed by atoms with Gasteiger partial charge in [-0.15, -0.1) is 11.3 Å². The van der Waals surface area contributed by atoms with E-state index in [4.69, 9.17) is 14.2 Å². The minimum absolute atomic E-state index is 0.186. The van der Waals surface area contributed by atoms with Gasteiger partial charge in [0.2, 0.25) is 5.75 Å². The standard InChI is InChI=1S/C20H15F3N2O3S/c1-26-15-7-11(8-16(27-2)18(15)28-3)6-12(10-24)19-25-14-9-13(20(21,22)23)4-5-17(14)29-19/h4-9H,1-3H3/b12-6+. The monoisotopic (exact) mass is 420 g/mol. The van der Waals surface area contributed by atoms with Gasteiger partial charge in [0.1, 0.15) is 11.1 Å². The summed E-state index contributed by atoms with van der Waals surface area (Å²) in [7, 11) is 4.43. The van der Waals surface area contributed by atoms with Gasteiger partial charge in [0.15, 0.2) is 11.5 Å². The Kier molecular flexibility index (Phi) is 5.66. The predicted octanol–water partition coefficient (Wildman–Crippen LogP) is 5.41. The molecule has 0 aliphatic rings. The van der Waals surface area contributed by atoms with Gasteiger partial charge in [-0.25, -0.2) is 4.98 Å². The summed E-state index contributed by atoms with van der Waals surface area (Å²) in [6, 6.07) is 8.70. The van der Waals surface area contributed by atoms with Gasteiger partial charge in [-0.05, 0) is 42.0 Å². The minimum atomic E-state index is -4.46. The number of thiazole rings is 1. The molecule has 0 unspecified atom stereocenters. The maximum absolute atomic E-state index is 12.9. The molecule has 9 heteroatoms. The van der Waals surface area contributed by atoms with Gasteiger partial charge in [0.05, 0.1) is 42.7 Å². The summed E-state index contributed by atoms with van der Waals surface area (Å²) in [6.45, 7) is 0. The molecule has 0 atom stereocenters. The summed E-state index contributed by atoms with van der Waals surface area (Å²) in [6.07, 6.45) is -2.89. The van der Waals surface area contributed by atoms with E-state index in [1.54, 1.807) is 18.2 Å². The van der Waals surface area contributed by atoms with E-state index >= 15 is 0 Å². The topological polar surface area (TPSA) is 64.4 Å². The molecule has 0 saturated heterocycles. The van der Waals surface area contributed by atoms with Crippen molar-refractivity contribution in [2.45, 2.75) is 6.18 Å². The molecule has 0 saturated carbocycles. The number of ether oxygens (including phenoxy) is 3. The minimum Gasteiger partial charge on any atom is -0.493 e. The molecule has 0 N–H and O–H groups in total. The third kappa shape index (κ3) is 4.12. The zero-order valence-electron chi connectivity index (χ0n) is 15.6. The van der Waals surface area contributed by atoms with E-state index in [0.29, 0.717) is 32.5 Å². The van der Waals surface area contributed by atoms with E-state index in [2.05, 4.69) is 11.1 Å².